The topological polar surface area (TPSA) is 45.8 Å². The van der Waals surface area contributed by atoms with E-state index in [0.29, 0.717) is 11.7 Å². The lowest BCUT2D eigenvalue weighted by atomic mass is 9.91. The average Bonchev–Trinajstić information content (AvgIpc) is 2.82. The second-order valence-electron chi connectivity index (χ2n) is 8.84. The molecular formula is C28H33N3O2S. The van der Waals surface area contributed by atoms with Gasteiger partial charge in [0.1, 0.15) is 0 Å². The molecule has 178 valence electrons. The van der Waals surface area contributed by atoms with E-state index in [-0.39, 0.29) is 6.04 Å². The summed E-state index contributed by atoms with van der Waals surface area (Å²) >= 11 is 5.63. The summed E-state index contributed by atoms with van der Waals surface area (Å²) in [5, 5.41) is 7.40. The Hall–Kier alpha value is -3.09. The maximum Gasteiger partial charge on any atom is 0.170 e. The highest BCUT2D eigenvalue weighted by molar-refractivity contribution is 7.80. The summed E-state index contributed by atoms with van der Waals surface area (Å²) in [6, 6.07) is 21.3. The van der Waals surface area contributed by atoms with E-state index in [0.717, 1.165) is 36.7 Å². The number of nitrogens with one attached hydrogen (secondary N) is 2. The van der Waals surface area contributed by atoms with E-state index < -0.39 is 0 Å². The van der Waals surface area contributed by atoms with Crippen molar-refractivity contribution in [3.8, 4) is 11.5 Å². The Balaban J connectivity index is 1.57. The second-order valence-corrected chi connectivity index (χ2v) is 9.24. The molecule has 4 rings (SSSR count). The van der Waals surface area contributed by atoms with Crippen molar-refractivity contribution in [1.82, 2.24) is 10.2 Å². The molecule has 2 N–H and O–H groups in total. The number of hydrogen-bond donors (Lipinski definition) is 2. The van der Waals surface area contributed by atoms with E-state index in [4.69, 9.17) is 21.7 Å². The molecule has 1 heterocycles. The van der Waals surface area contributed by atoms with Gasteiger partial charge >= 0.3 is 0 Å². The smallest absolute Gasteiger partial charge is 0.170 e. The van der Waals surface area contributed by atoms with Gasteiger partial charge in [-0.2, -0.15) is 0 Å². The Morgan fingerprint density at radius 3 is 2.38 bits per heavy atom. The van der Waals surface area contributed by atoms with Crippen LogP contribution < -0.4 is 20.1 Å². The Morgan fingerprint density at radius 2 is 1.68 bits per heavy atom. The molecule has 0 aromatic heterocycles. The van der Waals surface area contributed by atoms with E-state index in [9.17, 15) is 0 Å². The summed E-state index contributed by atoms with van der Waals surface area (Å²) < 4.78 is 11.2. The molecule has 1 aliphatic rings. The number of anilines is 1. The molecule has 0 amide bonds. The Bertz CT molecular complexity index is 1160. The molecular weight excluding hydrogens is 442 g/mol. The summed E-state index contributed by atoms with van der Waals surface area (Å²) in [5.41, 5.74) is 7.32. The van der Waals surface area contributed by atoms with E-state index in [1.54, 1.807) is 14.2 Å². The van der Waals surface area contributed by atoms with Gasteiger partial charge in [-0.1, -0.05) is 42.0 Å². The van der Waals surface area contributed by atoms with Crippen LogP contribution in [0.1, 0.15) is 33.9 Å². The van der Waals surface area contributed by atoms with Gasteiger partial charge < -0.3 is 20.1 Å². The van der Waals surface area contributed by atoms with Gasteiger partial charge in [-0.05, 0) is 79.0 Å². The third-order valence-electron chi connectivity index (χ3n) is 6.31. The largest absolute Gasteiger partial charge is 0.493 e. The molecule has 0 saturated carbocycles. The fourth-order valence-corrected chi connectivity index (χ4v) is 4.84. The van der Waals surface area contributed by atoms with Gasteiger partial charge in [0.15, 0.2) is 16.6 Å². The van der Waals surface area contributed by atoms with Gasteiger partial charge in [-0.15, -0.1) is 0 Å². The minimum absolute atomic E-state index is 0.140. The van der Waals surface area contributed by atoms with Crippen molar-refractivity contribution in [3.63, 3.8) is 0 Å². The highest BCUT2D eigenvalue weighted by atomic mass is 32.1. The third kappa shape index (κ3) is 5.69. The summed E-state index contributed by atoms with van der Waals surface area (Å²) in [6.45, 7) is 6.73. The third-order valence-corrected chi connectivity index (χ3v) is 6.56. The molecule has 0 saturated heterocycles. The van der Waals surface area contributed by atoms with Crippen LogP contribution >= 0.6 is 12.2 Å². The molecule has 6 heteroatoms. The number of ether oxygens (including phenoxy) is 2. The van der Waals surface area contributed by atoms with E-state index in [1.165, 1.54) is 27.8 Å². The van der Waals surface area contributed by atoms with Crippen LogP contribution in [-0.4, -0.2) is 37.3 Å². The van der Waals surface area contributed by atoms with Crippen molar-refractivity contribution in [2.24, 2.45) is 0 Å². The van der Waals surface area contributed by atoms with Gasteiger partial charge in [0.05, 0.1) is 20.3 Å². The standard InChI is InChI=1S/C28H33N3O2S/c1-19-7-5-9-21(13-19)18-31-12-11-22-15-26(32-3)27(33-4)16-24(22)25(31)17-29-28(34)30-23-10-6-8-20(2)14-23/h5-10,13-16,25H,11-12,17-18H2,1-4H3,(H2,29,30,34). The molecule has 0 spiro atoms. The first-order chi connectivity index (χ1) is 16.5. The monoisotopic (exact) mass is 475 g/mol. The molecule has 3 aromatic rings. The Labute approximate surface area is 208 Å². The van der Waals surface area contributed by atoms with Crippen molar-refractivity contribution in [1.29, 1.82) is 0 Å². The molecule has 34 heavy (non-hydrogen) atoms. The van der Waals surface area contributed by atoms with Crippen molar-refractivity contribution in [2.45, 2.75) is 32.9 Å². The molecule has 0 fully saturated rings. The van der Waals surface area contributed by atoms with Crippen LogP contribution in [0.5, 0.6) is 11.5 Å². The van der Waals surface area contributed by atoms with Crippen molar-refractivity contribution in [2.75, 3.05) is 32.6 Å². The quantitative estimate of drug-likeness (QED) is 0.446. The van der Waals surface area contributed by atoms with Crippen LogP contribution in [0, 0.1) is 13.8 Å². The minimum atomic E-state index is 0.140. The molecule has 3 aromatic carbocycles. The first-order valence-electron chi connectivity index (χ1n) is 11.6. The fraction of sp³-hybridized carbons (Fsp3) is 0.321. The van der Waals surface area contributed by atoms with Crippen LogP contribution in [0.3, 0.4) is 0 Å². The van der Waals surface area contributed by atoms with Gasteiger partial charge in [-0.25, -0.2) is 0 Å². The zero-order valence-corrected chi connectivity index (χ0v) is 21.2. The van der Waals surface area contributed by atoms with Crippen LogP contribution in [0.15, 0.2) is 60.7 Å². The normalized spacial score (nSPS) is 15.4. The van der Waals surface area contributed by atoms with Gasteiger partial charge in [0, 0.05) is 25.3 Å². The number of thiocarbonyl (C=S) groups is 1. The molecule has 0 aliphatic carbocycles. The molecule has 0 radical (unpaired) electrons. The van der Waals surface area contributed by atoms with Gasteiger partial charge in [0.25, 0.3) is 0 Å². The number of aryl methyl sites for hydroxylation is 2. The first kappa shape index (κ1) is 24.0. The Kier molecular flexibility index (Phi) is 7.70. The van der Waals surface area contributed by atoms with Crippen LogP contribution in [0.4, 0.5) is 5.69 Å². The second kappa shape index (κ2) is 10.9. The SMILES string of the molecule is COc1cc2c(cc1OC)C(CNC(=S)Nc1cccc(C)c1)N(Cc1cccc(C)c1)CC2. The fourth-order valence-electron chi connectivity index (χ4n) is 4.64. The van der Waals surface area contributed by atoms with Crippen LogP contribution in [0.25, 0.3) is 0 Å². The van der Waals surface area contributed by atoms with Gasteiger partial charge in [0.2, 0.25) is 0 Å². The van der Waals surface area contributed by atoms with Crippen LogP contribution in [0.2, 0.25) is 0 Å². The van der Waals surface area contributed by atoms with Crippen molar-refractivity contribution >= 4 is 23.0 Å². The average molecular weight is 476 g/mol. The lowest BCUT2D eigenvalue weighted by Gasteiger charge is -2.38. The highest BCUT2D eigenvalue weighted by Gasteiger charge is 2.29. The lowest BCUT2D eigenvalue weighted by molar-refractivity contribution is 0.176. The maximum absolute atomic E-state index is 5.63. The number of rotatable bonds is 7. The van der Waals surface area contributed by atoms with Crippen molar-refractivity contribution < 1.29 is 9.47 Å². The summed E-state index contributed by atoms with van der Waals surface area (Å²) in [7, 11) is 3.37. The predicted octanol–water partition coefficient (Wildman–Crippen LogP) is 5.41. The number of hydrogen-bond acceptors (Lipinski definition) is 4. The molecule has 1 aliphatic heterocycles. The van der Waals surface area contributed by atoms with Crippen LogP contribution in [-0.2, 0) is 13.0 Å². The summed E-state index contributed by atoms with van der Waals surface area (Å²) in [4.78, 5) is 2.52. The number of fused-ring (bicyclic) bond motifs is 1. The van der Waals surface area contributed by atoms with Crippen molar-refractivity contribution in [3.05, 3.63) is 88.5 Å². The Morgan fingerprint density at radius 1 is 0.971 bits per heavy atom. The molecule has 1 unspecified atom stereocenters. The predicted molar refractivity (Wildman–Crippen MR) is 143 cm³/mol. The lowest BCUT2D eigenvalue weighted by Crippen LogP contribution is -2.42. The number of nitrogens with zero attached hydrogens (tertiary/aromatic N) is 1. The molecule has 1 atom stereocenters. The zero-order valence-electron chi connectivity index (χ0n) is 20.4. The highest BCUT2D eigenvalue weighted by Crippen LogP contribution is 2.38. The van der Waals surface area contributed by atoms with E-state index in [2.05, 4.69) is 77.9 Å². The first-order valence-corrected chi connectivity index (χ1v) is 12.0. The maximum atomic E-state index is 5.63. The van der Waals surface area contributed by atoms with Gasteiger partial charge in [-0.3, -0.25) is 4.90 Å². The summed E-state index contributed by atoms with van der Waals surface area (Å²) in [5.74, 6) is 1.53. The van der Waals surface area contributed by atoms with E-state index >= 15 is 0 Å². The molecule has 5 nitrogen and oxygen atoms in total. The van der Waals surface area contributed by atoms with E-state index in [1.807, 2.05) is 12.1 Å². The number of methoxy groups -OCH3 is 2. The minimum Gasteiger partial charge on any atom is -0.493 e. The number of benzene rings is 3. The summed E-state index contributed by atoms with van der Waals surface area (Å²) in [6.07, 6.45) is 0.962. The molecule has 0 bridgehead atoms. The zero-order chi connectivity index (χ0) is 24.1.